The van der Waals surface area contributed by atoms with Crippen LogP contribution < -0.4 is 11.1 Å². The number of pyridine rings is 1. The van der Waals surface area contributed by atoms with Crippen molar-refractivity contribution in [2.75, 3.05) is 11.1 Å². The van der Waals surface area contributed by atoms with Crippen molar-refractivity contribution >= 4 is 38.8 Å². The molecular weight excluding hydrogens is 312 g/mol. The van der Waals surface area contributed by atoms with Crippen LogP contribution in [0.2, 0.25) is 0 Å². The molecular formula is C12H11BrN4O2. The molecule has 0 unspecified atom stereocenters. The van der Waals surface area contributed by atoms with Gasteiger partial charge in [-0.3, -0.25) is 10.1 Å². The van der Waals surface area contributed by atoms with E-state index in [4.69, 9.17) is 5.73 Å². The van der Waals surface area contributed by atoms with Gasteiger partial charge in [0.25, 0.3) is 5.69 Å². The Labute approximate surface area is 117 Å². The average Bonchev–Trinajstić information content (AvgIpc) is 2.37. The molecule has 0 spiro atoms. The van der Waals surface area contributed by atoms with Gasteiger partial charge in [-0.05, 0) is 47.1 Å². The summed E-state index contributed by atoms with van der Waals surface area (Å²) in [5, 5.41) is 13.9. The quantitative estimate of drug-likeness (QED) is 0.513. The van der Waals surface area contributed by atoms with Crippen molar-refractivity contribution in [2.24, 2.45) is 0 Å². The van der Waals surface area contributed by atoms with E-state index in [1.54, 1.807) is 31.2 Å². The average molecular weight is 323 g/mol. The van der Waals surface area contributed by atoms with Gasteiger partial charge in [0, 0.05) is 16.9 Å². The van der Waals surface area contributed by atoms with Crippen molar-refractivity contribution in [3.05, 3.63) is 50.6 Å². The number of nitrogens with zero attached hydrogens (tertiary/aromatic N) is 2. The topological polar surface area (TPSA) is 94.1 Å². The number of nitrogen functional groups attached to an aromatic ring is 1. The Morgan fingerprint density at radius 2 is 2.00 bits per heavy atom. The van der Waals surface area contributed by atoms with Gasteiger partial charge in [0.2, 0.25) is 0 Å². The van der Waals surface area contributed by atoms with Crippen LogP contribution in [-0.4, -0.2) is 9.91 Å². The summed E-state index contributed by atoms with van der Waals surface area (Å²) >= 11 is 3.32. The Kier molecular flexibility index (Phi) is 3.66. The van der Waals surface area contributed by atoms with E-state index in [1.165, 1.54) is 6.20 Å². The molecule has 0 atom stereocenters. The molecule has 1 heterocycles. The molecule has 6 nitrogen and oxygen atoms in total. The Morgan fingerprint density at radius 3 is 2.58 bits per heavy atom. The number of halogens is 1. The first-order chi connectivity index (χ1) is 8.99. The Bertz CT molecular complexity index is 628. The first-order valence-electron chi connectivity index (χ1n) is 5.41. The number of hydrogen-bond acceptors (Lipinski definition) is 5. The first-order valence-corrected chi connectivity index (χ1v) is 6.20. The zero-order chi connectivity index (χ0) is 14.0. The summed E-state index contributed by atoms with van der Waals surface area (Å²) in [6, 6.07) is 7.13. The minimum absolute atomic E-state index is 0.0188. The van der Waals surface area contributed by atoms with E-state index < -0.39 is 4.92 Å². The molecule has 7 heteroatoms. The van der Waals surface area contributed by atoms with Gasteiger partial charge in [-0.25, -0.2) is 4.98 Å². The van der Waals surface area contributed by atoms with Crippen molar-refractivity contribution < 1.29 is 4.92 Å². The van der Waals surface area contributed by atoms with Gasteiger partial charge in [-0.15, -0.1) is 0 Å². The molecule has 3 N–H and O–H groups in total. The fourth-order valence-electron chi connectivity index (χ4n) is 1.54. The third kappa shape index (κ3) is 2.82. The van der Waals surface area contributed by atoms with Gasteiger partial charge < -0.3 is 11.1 Å². The lowest BCUT2D eigenvalue weighted by Crippen LogP contribution is -2.00. The molecule has 1 aromatic carbocycles. The monoisotopic (exact) mass is 322 g/mol. The van der Waals surface area contributed by atoms with Crippen LogP contribution >= 0.6 is 15.9 Å². The summed E-state index contributed by atoms with van der Waals surface area (Å²) in [6.07, 6.45) is 1.24. The fourth-order valence-corrected chi connectivity index (χ4v) is 1.95. The first kappa shape index (κ1) is 13.3. The van der Waals surface area contributed by atoms with Gasteiger partial charge >= 0.3 is 0 Å². The fraction of sp³-hybridized carbons (Fsp3) is 0.0833. The molecule has 19 heavy (non-hydrogen) atoms. The number of nitrogens with two attached hydrogens (primary N) is 1. The molecule has 2 aromatic rings. The number of aromatic nitrogens is 1. The van der Waals surface area contributed by atoms with E-state index in [9.17, 15) is 10.1 Å². The smallest absolute Gasteiger partial charge is 0.291 e. The van der Waals surface area contributed by atoms with E-state index in [1.807, 2.05) is 0 Å². The molecule has 0 amide bonds. The van der Waals surface area contributed by atoms with Gasteiger partial charge in [-0.1, -0.05) is 0 Å². The SMILES string of the molecule is Cc1c([N+](=O)[O-])cnc(Nc2ccc(N)cc2)c1Br. The maximum Gasteiger partial charge on any atom is 0.291 e. The molecule has 0 saturated heterocycles. The number of nitro groups is 1. The number of nitrogens with one attached hydrogen (secondary N) is 1. The molecule has 0 aliphatic heterocycles. The molecule has 0 fully saturated rings. The Morgan fingerprint density at radius 1 is 1.37 bits per heavy atom. The van der Waals surface area contributed by atoms with Gasteiger partial charge in [0.1, 0.15) is 12.0 Å². The molecule has 1 aromatic heterocycles. The van der Waals surface area contributed by atoms with Gasteiger partial charge in [0.05, 0.1) is 9.40 Å². The molecule has 0 saturated carbocycles. The normalized spacial score (nSPS) is 10.2. The predicted molar refractivity (Wildman–Crippen MR) is 77.5 cm³/mol. The van der Waals surface area contributed by atoms with Gasteiger partial charge in [-0.2, -0.15) is 0 Å². The van der Waals surface area contributed by atoms with Crippen LogP contribution in [0, 0.1) is 17.0 Å². The van der Waals surface area contributed by atoms with E-state index in [0.717, 1.165) is 5.69 Å². The summed E-state index contributed by atoms with van der Waals surface area (Å²) in [5.74, 6) is 0.521. The van der Waals surface area contributed by atoms with Crippen molar-refractivity contribution in [1.29, 1.82) is 0 Å². The number of hydrogen-bond donors (Lipinski definition) is 2. The molecule has 0 radical (unpaired) electrons. The summed E-state index contributed by atoms with van der Waals surface area (Å²) in [4.78, 5) is 14.4. The van der Waals surface area contributed by atoms with Gasteiger partial charge in [0.15, 0.2) is 0 Å². The predicted octanol–water partition coefficient (Wildman–Crippen LogP) is 3.39. The summed E-state index contributed by atoms with van der Waals surface area (Å²) < 4.78 is 0.568. The zero-order valence-corrected chi connectivity index (χ0v) is 11.6. The van der Waals surface area contributed by atoms with Crippen LogP contribution in [0.5, 0.6) is 0 Å². The van der Waals surface area contributed by atoms with E-state index in [2.05, 4.69) is 26.2 Å². The lowest BCUT2D eigenvalue weighted by molar-refractivity contribution is -0.385. The third-order valence-electron chi connectivity index (χ3n) is 2.61. The maximum absolute atomic E-state index is 10.8. The highest BCUT2D eigenvalue weighted by atomic mass is 79.9. The van der Waals surface area contributed by atoms with Crippen LogP contribution in [0.3, 0.4) is 0 Å². The number of anilines is 3. The largest absolute Gasteiger partial charge is 0.399 e. The lowest BCUT2D eigenvalue weighted by atomic mass is 10.2. The van der Waals surface area contributed by atoms with Crippen molar-refractivity contribution in [3.63, 3.8) is 0 Å². The van der Waals surface area contributed by atoms with Crippen molar-refractivity contribution in [3.8, 4) is 0 Å². The molecule has 98 valence electrons. The molecule has 0 aliphatic rings. The van der Waals surface area contributed by atoms with Crippen molar-refractivity contribution in [2.45, 2.75) is 6.92 Å². The Balaban J connectivity index is 2.34. The second-order valence-corrected chi connectivity index (χ2v) is 4.73. The highest BCUT2D eigenvalue weighted by Crippen LogP contribution is 2.32. The van der Waals surface area contributed by atoms with Crippen LogP contribution in [-0.2, 0) is 0 Å². The highest BCUT2D eigenvalue weighted by Gasteiger charge is 2.17. The Hall–Kier alpha value is -2.15. The maximum atomic E-state index is 10.8. The molecule has 2 rings (SSSR count). The lowest BCUT2D eigenvalue weighted by Gasteiger charge is -2.09. The van der Waals surface area contributed by atoms with Crippen LogP contribution in [0.4, 0.5) is 22.9 Å². The molecule has 0 bridgehead atoms. The molecule has 0 aliphatic carbocycles. The minimum atomic E-state index is -0.458. The van der Waals surface area contributed by atoms with Crippen molar-refractivity contribution in [1.82, 2.24) is 4.98 Å². The number of benzene rings is 1. The van der Waals surface area contributed by atoms with Crippen LogP contribution in [0.15, 0.2) is 34.9 Å². The van der Waals surface area contributed by atoms with E-state index in [0.29, 0.717) is 21.5 Å². The second kappa shape index (κ2) is 5.23. The van der Waals surface area contributed by atoms with E-state index in [-0.39, 0.29) is 5.69 Å². The minimum Gasteiger partial charge on any atom is -0.399 e. The van der Waals surface area contributed by atoms with E-state index >= 15 is 0 Å². The standard InChI is InChI=1S/C12H11BrN4O2/c1-7-10(17(18)19)6-15-12(11(7)13)16-9-4-2-8(14)3-5-9/h2-6H,14H2,1H3,(H,15,16). The third-order valence-corrected chi connectivity index (χ3v) is 3.58. The second-order valence-electron chi connectivity index (χ2n) is 3.94. The van der Waals surface area contributed by atoms with Crippen LogP contribution in [0.1, 0.15) is 5.56 Å². The summed E-state index contributed by atoms with van der Waals surface area (Å²) in [7, 11) is 0. The highest BCUT2D eigenvalue weighted by molar-refractivity contribution is 9.10. The van der Waals surface area contributed by atoms with Crippen LogP contribution in [0.25, 0.3) is 0 Å². The number of rotatable bonds is 3. The zero-order valence-electron chi connectivity index (χ0n) is 10.1. The summed E-state index contributed by atoms with van der Waals surface area (Å²) in [5.41, 5.74) is 7.57. The summed E-state index contributed by atoms with van der Waals surface area (Å²) in [6.45, 7) is 1.66.